The van der Waals surface area contributed by atoms with Gasteiger partial charge in [-0.1, -0.05) is 0 Å². The van der Waals surface area contributed by atoms with Crippen LogP contribution in [0.3, 0.4) is 0 Å². The molecule has 4 nitrogen and oxygen atoms in total. The van der Waals surface area contributed by atoms with Crippen molar-refractivity contribution in [2.24, 2.45) is 0 Å². The first-order valence-corrected chi connectivity index (χ1v) is 5.07. The van der Waals surface area contributed by atoms with E-state index in [1.54, 1.807) is 0 Å². The molecule has 0 saturated heterocycles. The molecule has 0 spiro atoms. The number of carbonyl (C=O) groups excluding carboxylic acids is 1. The number of carbonyl (C=O) groups is 1. The van der Waals surface area contributed by atoms with E-state index in [-0.39, 0.29) is 17.3 Å². The highest BCUT2D eigenvalue weighted by Gasteiger charge is 2.41. The van der Waals surface area contributed by atoms with E-state index in [0.717, 1.165) is 12.0 Å². The Morgan fingerprint density at radius 3 is 2.56 bits per heavy atom. The van der Waals surface area contributed by atoms with Gasteiger partial charge in [-0.3, -0.25) is 4.79 Å². The van der Waals surface area contributed by atoms with E-state index < -0.39 is 12.3 Å². The third-order valence-electron chi connectivity index (χ3n) is 2.42. The number of nitrogens with zero attached hydrogens (tertiary/aromatic N) is 2. The molecule has 0 fully saturated rings. The van der Waals surface area contributed by atoms with Crippen molar-refractivity contribution in [2.45, 2.75) is 19.2 Å². The quantitative estimate of drug-likeness (QED) is 0.839. The van der Waals surface area contributed by atoms with Crippen molar-refractivity contribution in [2.75, 3.05) is 19.1 Å². The van der Waals surface area contributed by atoms with E-state index in [0.29, 0.717) is 0 Å². The highest BCUT2D eigenvalue weighted by atomic mass is 19.4. The first-order valence-electron chi connectivity index (χ1n) is 5.07. The molecule has 0 N–H and O–H groups in total. The lowest BCUT2D eigenvalue weighted by Crippen LogP contribution is -2.26. The van der Waals surface area contributed by atoms with Gasteiger partial charge >= 0.3 is 6.18 Å². The fraction of sp³-hybridized carbons (Fsp3) is 0.455. The molecule has 1 atom stereocenters. The number of amides is 1. The summed E-state index contributed by atoms with van der Waals surface area (Å²) in [5.74, 6) is -0.174. The van der Waals surface area contributed by atoms with Crippen molar-refractivity contribution in [3.05, 3.63) is 23.9 Å². The van der Waals surface area contributed by atoms with Crippen LogP contribution in [0.2, 0.25) is 0 Å². The molecular weight excluding hydrogens is 249 g/mol. The highest BCUT2D eigenvalue weighted by molar-refractivity contribution is 5.89. The molecule has 0 aliphatic heterocycles. The number of ether oxygens (including phenoxy) is 1. The zero-order valence-electron chi connectivity index (χ0n) is 10.2. The van der Waals surface area contributed by atoms with Crippen LogP contribution in [0.15, 0.2) is 18.3 Å². The van der Waals surface area contributed by atoms with Crippen LogP contribution in [0.5, 0.6) is 0 Å². The summed E-state index contributed by atoms with van der Waals surface area (Å²) in [6, 6.07) is 2.39. The van der Waals surface area contributed by atoms with Crippen LogP contribution in [-0.2, 0) is 9.53 Å². The number of hydrogen-bond donors (Lipinski definition) is 0. The summed E-state index contributed by atoms with van der Waals surface area (Å²) in [6.45, 7) is 1.30. The molecule has 0 radical (unpaired) electrons. The number of aromatic nitrogens is 1. The fourth-order valence-electron chi connectivity index (χ4n) is 1.40. The first-order chi connectivity index (χ1) is 8.27. The largest absolute Gasteiger partial charge is 0.418 e. The Labute approximate surface area is 102 Å². The lowest BCUT2D eigenvalue weighted by atomic mass is 10.1. The molecule has 1 aromatic rings. The predicted octanol–water partition coefficient (Wildman–Crippen LogP) is 2.31. The van der Waals surface area contributed by atoms with Gasteiger partial charge in [-0.25, -0.2) is 4.98 Å². The van der Waals surface area contributed by atoms with Crippen LogP contribution in [0.4, 0.5) is 19.0 Å². The smallest absolute Gasteiger partial charge is 0.367 e. The molecular formula is C11H13F3N2O2. The zero-order chi connectivity index (χ0) is 13.9. The van der Waals surface area contributed by atoms with Gasteiger partial charge in [0.15, 0.2) is 6.10 Å². The predicted molar refractivity (Wildman–Crippen MR) is 59.1 cm³/mol. The summed E-state index contributed by atoms with van der Waals surface area (Å²) in [6.07, 6.45) is -5.33. The van der Waals surface area contributed by atoms with E-state index in [2.05, 4.69) is 9.72 Å². The van der Waals surface area contributed by atoms with Crippen molar-refractivity contribution in [1.82, 2.24) is 4.98 Å². The van der Waals surface area contributed by atoms with E-state index in [1.807, 2.05) is 0 Å². The SMILES string of the molecule is COC(c1ccnc(N(C)C(C)=O)c1)C(F)(F)F. The van der Waals surface area contributed by atoms with Gasteiger partial charge in [0, 0.05) is 27.3 Å². The average molecular weight is 262 g/mol. The Morgan fingerprint density at radius 1 is 1.50 bits per heavy atom. The summed E-state index contributed by atoms with van der Waals surface area (Å²) in [4.78, 5) is 16.1. The minimum Gasteiger partial charge on any atom is -0.367 e. The van der Waals surface area contributed by atoms with E-state index in [9.17, 15) is 18.0 Å². The lowest BCUT2D eigenvalue weighted by Gasteiger charge is -2.21. The molecule has 0 saturated carbocycles. The summed E-state index contributed by atoms with van der Waals surface area (Å²) < 4.78 is 42.5. The highest BCUT2D eigenvalue weighted by Crippen LogP contribution is 2.35. The van der Waals surface area contributed by atoms with E-state index >= 15 is 0 Å². The number of halogens is 3. The van der Waals surface area contributed by atoms with Gasteiger partial charge < -0.3 is 9.64 Å². The van der Waals surface area contributed by atoms with E-state index in [1.165, 1.54) is 32.3 Å². The number of rotatable bonds is 3. The average Bonchev–Trinajstić information content (AvgIpc) is 2.27. The molecule has 7 heteroatoms. The number of anilines is 1. The minimum atomic E-state index is -4.51. The van der Waals surface area contributed by atoms with Crippen molar-refractivity contribution < 1.29 is 22.7 Å². The van der Waals surface area contributed by atoms with Gasteiger partial charge in [-0.15, -0.1) is 0 Å². The van der Waals surface area contributed by atoms with Crippen LogP contribution in [0.1, 0.15) is 18.6 Å². The molecule has 0 bridgehead atoms. The maximum absolute atomic E-state index is 12.7. The first kappa shape index (κ1) is 14.4. The molecule has 0 aliphatic carbocycles. The van der Waals surface area contributed by atoms with Gasteiger partial charge in [0.1, 0.15) is 5.82 Å². The molecule has 1 rings (SSSR count). The van der Waals surface area contributed by atoms with Gasteiger partial charge in [0.2, 0.25) is 5.91 Å². The van der Waals surface area contributed by atoms with Gasteiger partial charge in [-0.05, 0) is 17.7 Å². The molecule has 18 heavy (non-hydrogen) atoms. The van der Waals surface area contributed by atoms with Crippen LogP contribution >= 0.6 is 0 Å². The topological polar surface area (TPSA) is 42.4 Å². The summed E-state index contributed by atoms with van der Waals surface area (Å²) in [7, 11) is 2.41. The zero-order valence-corrected chi connectivity index (χ0v) is 10.2. The molecule has 1 aromatic heterocycles. The standard InChI is InChI=1S/C11H13F3N2O2/c1-7(17)16(2)9-6-8(4-5-15-9)10(18-3)11(12,13)14/h4-6,10H,1-3H3. The molecule has 1 unspecified atom stereocenters. The number of pyridine rings is 1. The second-order valence-corrected chi connectivity index (χ2v) is 3.68. The maximum atomic E-state index is 12.7. The van der Waals surface area contributed by atoms with Crippen LogP contribution < -0.4 is 4.90 Å². The minimum absolute atomic E-state index is 0.0944. The summed E-state index contributed by atoms with van der Waals surface area (Å²) in [5, 5.41) is 0. The monoisotopic (exact) mass is 262 g/mol. The van der Waals surface area contributed by atoms with Crippen LogP contribution in [0.25, 0.3) is 0 Å². The second kappa shape index (κ2) is 5.34. The number of alkyl halides is 3. The normalized spacial score (nSPS) is 13.2. The Kier molecular flexibility index (Phi) is 4.28. The van der Waals surface area contributed by atoms with Crippen molar-refractivity contribution in [3.63, 3.8) is 0 Å². The fourth-order valence-corrected chi connectivity index (χ4v) is 1.40. The Balaban J connectivity index is 3.11. The van der Waals surface area contributed by atoms with Gasteiger partial charge in [-0.2, -0.15) is 13.2 Å². The molecule has 0 aromatic carbocycles. The maximum Gasteiger partial charge on any atom is 0.418 e. The molecule has 0 aliphatic rings. The third-order valence-corrected chi connectivity index (χ3v) is 2.42. The number of hydrogen-bond acceptors (Lipinski definition) is 3. The van der Waals surface area contributed by atoms with Gasteiger partial charge in [0.05, 0.1) is 0 Å². The Bertz CT molecular complexity index is 435. The van der Waals surface area contributed by atoms with Crippen LogP contribution in [0, 0.1) is 0 Å². The third kappa shape index (κ3) is 3.19. The molecule has 1 amide bonds. The van der Waals surface area contributed by atoms with Crippen molar-refractivity contribution in [1.29, 1.82) is 0 Å². The second-order valence-electron chi connectivity index (χ2n) is 3.68. The number of methoxy groups -OCH3 is 1. The van der Waals surface area contributed by atoms with Gasteiger partial charge in [0.25, 0.3) is 0 Å². The Hall–Kier alpha value is -1.63. The van der Waals surface area contributed by atoms with E-state index in [4.69, 9.17) is 0 Å². The van der Waals surface area contributed by atoms with Crippen molar-refractivity contribution >= 4 is 11.7 Å². The summed E-state index contributed by atoms with van der Waals surface area (Å²) >= 11 is 0. The molecule has 100 valence electrons. The Morgan fingerprint density at radius 2 is 2.11 bits per heavy atom. The van der Waals surface area contributed by atoms with Crippen LogP contribution in [-0.4, -0.2) is 31.2 Å². The molecule has 1 heterocycles. The van der Waals surface area contributed by atoms with Crippen molar-refractivity contribution in [3.8, 4) is 0 Å². The lowest BCUT2D eigenvalue weighted by molar-refractivity contribution is -0.215. The summed E-state index contributed by atoms with van der Waals surface area (Å²) in [5.41, 5.74) is -0.0944.